The Hall–Kier alpha value is -3.34. The maximum Gasteiger partial charge on any atom is 0.246 e. The van der Waals surface area contributed by atoms with Gasteiger partial charge in [-0.15, -0.1) is 0 Å². The smallest absolute Gasteiger partial charge is 0.246 e. The van der Waals surface area contributed by atoms with Crippen LogP contribution in [0.4, 0.5) is 0 Å². The van der Waals surface area contributed by atoms with Gasteiger partial charge in [0.2, 0.25) is 5.91 Å². The van der Waals surface area contributed by atoms with Crippen molar-refractivity contribution in [1.82, 2.24) is 14.7 Å². The second kappa shape index (κ2) is 7.95. The molecule has 5 nitrogen and oxygen atoms in total. The summed E-state index contributed by atoms with van der Waals surface area (Å²) in [5.41, 5.74) is 6.30. The highest BCUT2D eigenvalue weighted by Gasteiger charge is 2.16. The van der Waals surface area contributed by atoms with Crippen LogP contribution in [0.1, 0.15) is 28.1 Å². The lowest BCUT2D eigenvalue weighted by atomic mass is 10.1. The maximum absolute atomic E-state index is 12.6. The number of para-hydroxylation sites is 1. The molecule has 2 heterocycles. The fourth-order valence-electron chi connectivity index (χ4n) is 3.64. The minimum atomic E-state index is -0.0343. The van der Waals surface area contributed by atoms with Gasteiger partial charge in [0.25, 0.3) is 0 Å². The number of aromatic nitrogens is 2. The van der Waals surface area contributed by atoms with Crippen LogP contribution in [-0.4, -0.2) is 34.2 Å². The van der Waals surface area contributed by atoms with Gasteiger partial charge in [-0.2, -0.15) is 5.10 Å². The third-order valence-electron chi connectivity index (χ3n) is 5.35. The van der Waals surface area contributed by atoms with Crippen molar-refractivity contribution < 1.29 is 9.53 Å². The van der Waals surface area contributed by atoms with E-state index in [4.69, 9.17) is 4.74 Å². The van der Waals surface area contributed by atoms with Crippen molar-refractivity contribution in [2.75, 3.05) is 13.7 Å². The SMILES string of the molecule is Cc1nn(-c2ccccc2)c(C)c1CN(C)C(=O)/C=C/c1ccc2c(c1)CCO2. The molecule has 0 fully saturated rings. The first-order valence-corrected chi connectivity index (χ1v) is 9.82. The van der Waals surface area contributed by atoms with Crippen molar-refractivity contribution in [2.24, 2.45) is 0 Å². The predicted molar refractivity (Wildman–Crippen MR) is 114 cm³/mol. The lowest BCUT2D eigenvalue weighted by Crippen LogP contribution is -2.24. The van der Waals surface area contributed by atoms with Gasteiger partial charge in [0.05, 0.1) is 18.0 Å². The molecule has 4 rings (SSSR count). The Kier molecular flexibility index (Phi) is 5.21. The number of fused-ring (bicyclic) bond motifs is 1. The van der Waals surface area contributed by atoms with Crippen LogP contribution in [0.3, 0.4) is 0 Å². The summed E-state index contributed by atoms with van der Waals surface area (Å²) in [5, 5.41) is 4.67. The number of nitrogens with zero attached hydrogens (tertiary/aromatic N) is 3. The number of carbonyl (C=O) groups excluding carboxylic acids is 1. The van der Waals surface area contributed by atoms with Gasteiger partial charge in [-0.3, -0.25) is 4.79 Å². The Morgan fingerprint density at radius 3 is 2.79 bits per heavy atom. The van der Waals surface area contributed by atoms with Crippen LogP contribution < -0.4 is 4.74 Å². The molecular weight excluding hydrogens is 362 g/mol. The number of hydrogen-bond donors (Lipinski definition) is 0. The monoisotopic (exact) mass is 387 g/mol. The summed E-state index contributed by atoms with van der Waals surface area (Å²) in [7, 11) is 1.82. The molecule has 0 aliphatic carbocycles. The van der Waals surface area contributed by atoms with Gasteiger partial charge in [-0.05, 0) is 55.3 Å². The largest absolute Gasteiger partial charge is 0.493 e. The molecular formula is C24H25N3O2. The zero-order valence-electron chi connectivity index (χ0n) is 17.1. The van der Waals surface area contributed by atoms with E-state index in [2.05, 4.69) is 11.2 Å². The van der Waals surface area contributed by atoms with Gasteiger partial charge >= 0.3 is 0 Å². The second-order valence-electron chi connectivity index (χ2n) is 7.39. The Morgan fingerprint density at radius 1 is 1.21 bits per heavy atom. The second-order valence-corrected chi connectivity index (χ2v) is 7.39. The zero-order chi connectivity index (χ0) is 20.4. The Bertz CT molecular complexity index is 1070. The molecule has 0 atom stereocenters. The van der Waals surface area contributed by atoms with Crippen LogP contribution >= 0.6 is 0 Å². The van der Waals surface area contributed by atoms with Crippen molar-refractivity contribution in [3.05, 3.63) is 82.7 Å². The Morgan fingerprint density at radius 2 is 2.00 bits per heavy atom. The van der Waals surface area contributed by atoms with Gasteiger partial charge < -0.3 is 9.64 Å². The van der Waals surface area contributed by atoms with Crippen molar-refractivity contribution in [1.29, 1.82) is 0 Å². The van der Waals surface area contributed by atoms with E-state index in [0.717, 1.165) is 47.0 Å². The van der Waals surface area contributed by atoms with Crippen LogP contribution in [0.25, 0.3) is 11.8 Å². The summed E-state index contributed by atoms with van der Waals surface area (Å²) in [4.78, 5) is 14.4. The van der Waals surface area contributed by atoms with Crippen LogP contribution in [0.5, 0.6) is 5.75 Å². The van der Waals surface area contributed by atoms with Crippen molar-refractivity contribution in [2.45, 2.75) is 26.8 Å². The van der Waals surface area contributed by atoms with E-state index in [-0.39, 0.29) is 5.91 Å². The zero-order valence-corrected chi connectivity index (χ0v) is 17.1. The summed E-state index contributed by atoms with van der Waals surface area (Å²) in [6.45, 7) is 5.29. The van der Waals surface area contributed by atoms with E-state index in [1.54, 1.807) is 11.0 Å². The fraction of sp³-hybridized carbons (Fsp3) is 0.250. The van der Waals surface area contributed by atoms with Crippen LogP contribution in [0.2, 0.25) is 0 Å². The molecule has 148 valence electrons. The molecule has 0 radical (unpaired) electrons. The van der Waals surface area contributed by atoms with Gasteiger partial charge in [0, 0.05) is 37.3 Å². The molecule has 0 spiro atoms. The lowest BCUT2D eigenvalue weighted by molar-refractivity contribution is -0.125. The van der Waals surface area contributed by atoms with E-state index >= 15 is 0 Å². The highest BCUT2D eigenvalue weighted by molar-refractivity contribution is 5.91. The molecule has 1 amide bonds. The average Bonchev–Trinajstić information content (AvgIpc) is 3.31. The standard InChI is InChI=1S/C24H25N3O2/c1-17-22(18(2)27(25-17)21-7-5-4-6-8-21)16-26(3)24(28)12-10-19-9-11-23-20(15-19)13-14-29-23/h4-12,15H,13-14,16H2,1-3H3/b12-10+. The molecule has 0 unspecified atom stereocenters. The highest BCUT2D eigenvalue weighted by atomic mass is 16.5. The highest BCUT2D eigenvalue weighted by Crippen LogP contribution is 2.26. The van der Waals surface area contributed by atoms with E-state index in [9.17, 15) is 4.79 Å². The normalized spacial score (nSPS) is 12.8. The number of benzene rings is 2. The van der Waals surface area contributed by atoms with Gasteiger partial charge in [-0.1, -0.05) is 24.3 Å². The molecule has 0 saturated heterocycles. The van der Waals surface area contributed by atoms with Crippen LogP contribution in [-0.2, 0) is 17.8 Å². The molecule has 29 heavy (non-hydrogen) atoms. The molecule has 1 aromatic heterocycles. The van der Waals surface area contributed by atoms with E-state index in [0.29, 0.717) is 6.54 Å². The minimum absolute atomic E-state index is 0.0343. The quantitative estimate of drug-likeness (QED) is 0.620. The Balaban J connectivity index is 1.47. The first kappa shape index (κ1) is 19.0. The van der Waals surface area contributed by atoms with Crippen molar-refractivity contribution in [3.63, 3.8) is 0 Å². The predicted octanol–water partition coefficient (Wildman–Crippen LogP) is 4.10. The number of ether oxygens (including phenoxy) is 1. The third kappa shape index (κ3) is 3.94. The number of likely N-dealkylation sites (N-methyl/N-ethyl adjacent to an activating group) is 1. The number of rotatable bonds is 5. The van der Waals surface area contributed by atoms with Gasteiger partial charge in [0.1, 0.15) is 5.75 Å². The first-order chi connectivity index (χ1) is 14.0. The first-order valence-electron chi connectivity index (χ1n) is 9.82. The fourth-order valence-corrected chi connectivity index (χ4v) is 3.64. The topological polar surface area (TPSA) is 47.4 Å². The van der Waals surface area contributed by atoms with Crippen molar-refractivity contribution in [3.8, 4) is 11.4 Å². The van der Waals surface area contributed by atoms with Crippen LogP contribution in [0.15, 0.2) is 54.6 Å². The average molecular weight is 387 g/mol. The summed E-state index contributed by atoms with van der Waals surface area (Å²) < 4.78 is 7.47. The third-order valence-corrected chi connectivity index (χ3v) is 5.35. The van der Waals surface area contributed by atoms with Crippen LogP contribution in [0, 0.1) is 13.8 Å². The summed E-state index contributed by atoms with van der Waals surface area (Å²) >= 11 is 0. The number of carbonyl (C=O) groups is 1. The minimum Gasteiger partial charge on any atom is -0.493 e. The summed E-state index contributed by atoms with van der Waals surface area (Å²) in [5.74, 6) is 0.917. The molecule has 2 aromatic carbocycles. The molecule has 1 aliphatic heterocycles. The molecule has 0 N–H and O–H groups in total. The summed E-state index contributed by atoms with van der Waals surface area (Å²) in [6.07, 6.45) is 4.42. The van der Waals surface area contributed by atoms with Crippen molar-refractivity contribution >= 4 is 12.0 Å². The summed E-state index contributed by atoms with van der Waals surface area (Å²) in [6, 6.07) is 16.1. The molecule has 0 bridgehead atoms. The number of aryl methyl sites for hydroxylation is 1. The van der Waals surface area contributed by atoms with E-state index < -0.39 is 0 Å². The van der Waals surface area contributed by atoms with Gasteiger partial charge in [0.15, 0.2) is 0 Å². The van der Waals surface area contributed by atoms with Gasteiger partial charge in [-0.25, -0.2) is 4.68 Å². The number of hydrogen-bond acceptors (Lipinski definition) is 3. The molecule has 5 heteroatoms. The maximum atomic E-state index is 12.6. The van der Waals surface area contributed by atoms with E-state index in [1.165, 1.54) is 5.56 Å². The number of amides is 1. The Labute approximate surface area is 171 Å². The molecule has 3 aromatic rings. The van der Waals surface area contributed by atoms with E-state index in [1.807, 2.05) is 74.1 Å². The molecule has 1 aliphatic rings. The lowest BCUT2D eigenvalue weighted by Gasteiger charge is -2.15. The molecule has 0 saturated carbocycles.